The zero-order valence-electron chi connectivity index (χ0n) is 12.5. The number of ether oxygens (including phenoxy) is 1. The number of nitrogens with one attached hydrogen (secondary N) is 1. The number of azide groups is 1. The van der Waals surface area contributed by atoms with Crippen LogP contribution in [-0.2, 0) is 16.1 Å². The molecule has 1 aromatic rings. The summed E-state index contributed by atoms with van der Waals surface area (Å²) in [5.41, 5.74) is 14.8. The van der Waals surface area contributed by atoms with Crippen LogP contribution in [0.2, 0.25) is 0 Å². The number of carboxylic acids is 1. The minimum Gasteiger partial charge on any atom is -0.480 e. The van der Waals surface area contributed by atoms with Crippen LogP contribution in [0, 0.1) is 0 Å². The van der Waals surface area contributed by atoms with E-state index in [1.54, 1.807) is 24.3 Å². The fourth-order valence-corrected chi connectivity index (χ4v) is 1.79. The Kier molecular flexibility index (Phi) is 7.98. The molecule has 0 aromatic heterocycles. The van der Waals surface area contributed by atoms with E-state index in [-0.39, 0.29) is 6.61 Å². The summed E-state index contributed by atoms with van der Waals surface area (Å²) in [4.78, 5) is 25.4. The van der Waals surface area contributed by atoms with E-state index >= 15 is 0 Å². The predicted octanol–water partition coefficient (Wildman–Crippen LogP) is 2.44. The highest BCUT2D eigenvalue weighted by molar-refractivity contribution is 5.79. The lowest BCUT2D eigenvalue weighted by Gasteiger charge is -2.14. The fourth-order valence-electron chi connectivity index (χ4n) is 1.79. The SMILES string of the molecule is [N-]=[N+]=Nc1ccc(COC(=O)NC(CCCCN)C(=O)O)cc1. The molecule has 0 aliphatic rings. The first-order valence-electron chi connectivity index (χ1n) is 7.07. The van der Waals surface area contributed by atoms with Crippen molar-refractivity contribution in [3.8, 4) is 0 Å². The molecule has 0 spiro atoms. The van der Waals surface area contributed by atoms with Crippen molar-refractivity contribution in [3.63, 3.8) is 0 Å². The molecule has 23 heavy (non-hydrogen) atoms. The van der Waals surface area contributed by atoms with Crippen molar-refractivity contribution in [1.29, 1.82) is 0 Å². The molecule has 0 radical (unpaired) electrons. The predicted molar refractivity (Wildman–Crippen MR) is 82.9 cm³/mol. The van der Waals surface area contributed by atoms with Crippen LogP contribution in [0.5, 0.6) is 0 Å². The number of hydrogen-bond acceptors (Lipinski definition) is 5. The molecule has 0 saturated carbocycles. The number of alkyl carbamates (subject to hydrolysis) is 1. The lowest BCUT2D eigenvalue weighted by atomic mass is 10.1. The molecule has 1 rings (SSSR count). The number of carbonyl (C=O) groups excluding carboxylic acids is 1. The first-order valence-corrected chi connectivity index (χ1v) is 7.07. The Hall–Kier alpha value is -2.77. The number of aliphatic carboxylic acids is 1. The number of carboxylic acid groups (broad SMARTS) is 1. The first-order chi connectivity index (χ1) is 11.1. The van der Waals surface area contributed by atoms with Crippen molar-refractivity contribution >= 4 is 17.7 Å². The Labute approximate surface area is 133 Å². The number of nitrogens with zero attached hydrogens (tertiary/aromatic N) is 3. The van der Waals surface area contributed by atoms with Crippen LogP contribution in [-0.4, -0.2) is 29.8 Å². The Morgan fingerprint density at radius 2 is 2.04 bits per heavy atom. The van der Waals surface area contributed by atoms with Crippen molar-refractivity contribution in [2.45, 2.75) is 31.9 Å². The second-order valence-corrected chi connectivity index (χ2v) is 4.75. The largest absolute Gasteiger partial charge is 0.480 e. The fraction of sp³-hybridized carbons (Fsp3) is 0.429. The Balaban J connectivity index is 2.44. The van der Waals surface area contributed by atoms with E-state index in [0.29, 0.717) is 37.1 Å². The van der Waals surface area contributed by atoms with Gasteiger partial charge in [-0.3, -0.25) is 0 Å². The average Bonchev–Trinajstić information content (AvgIpc) is 2.53. The summed E-state index contributed by atoms with van der Waals surface area (Å²) in [6, 6.07) is 5.47. The van der Waals surface area contributed by atoms with Crippen molar-refractivity contribution in [1.82, 2.24) is 5.32 Å². The second kappa shape index (κ2) is 10.0. The van der Waals surface area contributed by atoms with Gasteiger partial charge in [-0.25, -0.2) is 9.59 Å². The third-order valence-electron chi connectivity index (χ3n) is 3.00. The third-order valence-corrected chi connectivity index (χ3v) is 3.00. The van der Waals surface area contributed by atoms with E-state index in [1.165, 1.54) is 0 Å². The zero-order chi connectivity index (χ0) is 17.1. The third kappa shape index (κ3) is 7.16. The molecule has 9 heteroatoms. The smallest absolute Gasteiger partial charge is 0.408 e. The molecule has 9 nitrogen and oxygen atoms in total. The van der Waals surface area contributed by atoms with E-state index < -0.39 is 18.1 Å². The minimum atomic E-state index is -1.11. The number of hydrogen-bond donors (Lipinski definition) is 3. The number of carbonyl (C=O) groups is 2. The molecule has 4 N–H and O–H groups in total. The van der Waals surface area contributed by atoms with Gasteiger partial charge in [0.2, 0.25) is 0 Å². The minimum absolute atomic E-state index is 0.0163. The number of nitrogens with two attached hydrogens (primary N) is 1. The molecular formula is C14H19N5O4. The van der Waals surface area contributed by atoms with Crippen molar-refractivity contribution in [2.75, 3.05) is 6.54 Å². The van der Waals surface area contributed by atoms with Crippen LogP contribution < -0.4 is 11.1 Å². The van der Waals surface area contributed by atoms with Crippen LogP contribution in [0.4, 0.5) is 10.5 Å². The average molecular weight is 321 g/mol. The first kappa shape index (κ1) is 18.3. The van der Waals surface area contributed by atoms with Crippen LogP contribution in [0.15, 0.2) is 29.4 Å². The van der Waals surface area contributed by atoms with Crippen molar-refractivity contribution < 1.29 is 19.4 Å². The van der Waals surface area contributed by atoms with Crippen molar-refractivity contribution in [2.24, 2.45) is 10.8 Å². The van der Waals surface area contributed by atoms with Crippen molar-refractivity contribution in [3.05, 3.63) is 40.3 Å². The van der Waals surface area contributed by atoms with E-state index in [9.17, 15) is 9.59 Å². The van der Waals surface area contributed by atoms with Gasteiger partial charge in [-0.05, 0) is 36.9 Å². The normalized spacial score (nSPS) is 11.2. The lowest BCUT2D eigenvalue weighted by Crippen LogP contribution is -2.41. The van der Waals surface area contributed by atoms with Gasteiger partial charge >= 0.3 is 12.1 Å². The van der Waals surface area contributed by atoms with Crippen LogP contribution in [0.25, 0.3) is 10.4 Å². The van der Waals surface area contributed by atoms with Gasteiger partial charge in [-0.15, -0.1) is 0 Å². The van der Waals surface area contributed by atoms with Gasteiger partial charge in [-0.1, -0.05) is 29.4 Å². The maximum absolute atomic E-state index is 11.6. The molecule has 0 aliphatic carbocycles. The number of rotatable bonds is 9. The molecule has 1 aromatic carbocycles. The highest BCUT2D eigenvalue weighted by Gasteiger charge is 2.19. The van der Waals surface area contributed by atoms with Gasteiger partial charge in [0.15, 0.2) is 0 Å². The van der Waals surface area contributed by atoms with Gasteiger partial charge < -0.3 is 20.9 Å². The highest BCUT2D eigenvalue weighted by Crippen LogP contribution is 2.13. The molecule has 0 saturated heterocycles. The summed E-state index contributed by atoms with van der Waals surface area (Å²) >= 11 is 0. The molecule has 124 valence electrons. The zero-order valence-corrected chi connectivity index (χ0v) is 12.5. The molecule has 0 bridgehead atoms. The van der Waals surface area contributed by atoms with Gasteiger partial charge in [0.05, 0.1) is 0 Å². The molecule has 1 amide bonds. The molecule has 0 aliphatic heterocycles. The quantitative estimate of drug-likeness (QED) is 0.276. The molecule has 1 unspecified atom stereocenters. The van der Waals surface area contributed by atoms with E-state index in [2.05, 4.69) is 15.3 Å². The monoisotopic (exact) mass is 321 g/mol. The summed E-state index contributed by atoms with van der Waals surface area (Å²) in [7, 11) is 0. The lowest BCUT2D eigenvalue weighted by molar-refractivity contribution is -0.139. The summed E-state index contributed by atoms with van der Waals surface area (Å²) in [5, 5.41) is 14.8. The Morgan fingerprint density at radius 1 is 1.35 bits per heavy atom. The molecule has 1 atom stereocenters. The molecule has 0 fully saturated rings. The maximum atomic E-state index is 11.6. The Morgan fingerprint density at radius 3 is 2.61 bits per heavy atom. The number of amides is 1. The van der Waals surface area contributed by atoms with E-state index in [1.807, 2.05) is 0 Å². The van der Waals surface area contributed by atoms with E-state index in [0.717, 1.165) is 0 Å². The second-order valence-electron chi connectivity index (χ2n) is 4.75. The number of unbranched alkanes of at least 4 members (excludes halogenated alkanes) is 1. The van der Waals surface area contributed by atoms with Crippen LogP contribution >= 0.6 is 0 Å². The summed E-state index contributed by atoms with van der Waals surface area (Å²) in [5.74, 6) is -1.11. The summed E-state index contributed by atoms with van der Waals surface area (Å²) in [6.45, 7) is 0.458. The maximum Gasteiger partial charge on any atom is 0.408 e. The van der Waals surface area contributed by atoms with Gasteiger partial charge in [-0.2, -0.15) is 0 Å². The molecule has 0 heterocycles. The number of benzene rings is 1. The Bertz CT molecular complexity index is 569. The van der Waals surface area contributed by atoms with Gasteiger partial charge in [0.25, 0.3) is 0 Å². The van der Waals surface area contributed by atoms with Crippen LogP contribution in [0.1, 0.15) is 24.8 Å². The van der Waals surface area contributed by atoms with Gasteiger partial charge in [0, 0.05) is 10.6 Å². The van der Waals surface area contributed by atoms with Crippen LogP contribution in [0.3, 0.4) is 0 Å². The topological polar surface area (TPSA) is 150 Å². The summed E-state index contributed by atoms with van der Waals surface area (Å²) < 4.78 is 4.97. The van der Waals surface area contributed by atoms with Gasteiger partial charge in [0.1, 0.15) is 12.6 Å². The summed E-state index contributed by atoms with van der Waals surface area (Å²) in [6.07, 6.45) is 0.791. The standard InChI is InChI=1S/C14H19N5O4/c15-8-2-1-3-12(13(20)21)17-14(22)23-9-10-4-6-11(7-5-10)18-19-16/h4-7,12H,1-3,8-9,15H2,(H,17,22)(H,20,21). The van der Waals surface area contributed by atoms with E-state index in [4.69, 9.17) is 21.1 Å². The highest BCUT2D eigenvalue weighted by atomic mass is 16.5. The molecular weight excluding hydrogens is 302 g/mol.